The van der Waals surface area contributed by atoms with Crippen molar-refractivity contribution in [2.75, 3.05) is 23.3 Å². The lowest BCUT2D eigenvalue weighted by Crippen LogP contribution is -2.32. The molecule has 0 atom stereocenters. The summed E-state index contributed by atoms with van der Waals surface area (Å²) in [6, 6.07) is 11.4. The van der Waals surface area contributed by atoms with Crippen molar-refractivity contribution >= 4 is 28.8 Å². The second kappa shape index (κ2) is 9.45. The minimum absolute atomic E-state index is 0.414. The monoisotopic (exact) mass is 496 g/mol. The first-order chi connectivity index (χ1) is 18.1. The molecule has 0 radical (unpaired) electrons. The van der Waals surface area contributed by atoms with Crippen molar-refractivity contribution in [3.8, 4) is 11.4 Å². The van der Waals surface area contributed by atoms with E-state index in [1.54, 1.807) is 24.0 Å². The summed E-state index contributed by atoms with van der Waals surface area (Å²) in [6.07, 6.45) is 7.09. The van der Waals surface area contributed by atoms with E-state index in [9.17, 15) is 9.18 Å². The molecule has 1 aliphatic heterocycles. The van der Waals surface area contributed by atoms with Crippen molar-refractivity contribution in [1.82, 2.24) is 29.7 Å². The molecule has 37 heavy (non-hydrogen) atoms. The number of aryl methyl sites for hydroxylation is 1. The third kappa shape index (κ3) is 4.42. The Labute approximate surface area is 212 Å². The van der Waals surface area contributed by atoms with E-state index in [-0.39, 0.29) is 0 Å². The van der Waals surface area contributed by atoms with Crippen LogP contribution in [0.5, 0.6) is 0 Å². The Balaban J connectivity index is 1.31. The van der Waals surface area contributed by atoms with E-state index < -0.39 is 5.82 Å². The summed E-state index contributed by atoms with van der Waals surface area (Å²) in [5.74, 6) is 1.44. The van der Waals surface area contributed by atoms with Gasteiger partial charge in [0.2, 0.25) is 0 Å². The van der Waals surface area contributed by atoms with E-state index in [1.807, 2.05) is 18.3 Å². The van der Waals surface area contributed by atoms with Crippen LogP contribution in [0.2, 0.25) is 0 Å². The SMILES string of the molecule is Cn1nc(N2CCc3c(nc(-c4cncc(F)c4)nc3NCCc3c[nH]c4ccccc34)C2)cc1C=O. The summed E-state index contributed by atoms with van der Waals surface area (Å²) in [7, 11) is 1.75. The third-order valence-electron chi connectivity index (χ3n) is 6.74. The number of para-hydroxylation sites is 1. The Hall–Kier alpha value is -4.60. The minimum atomic E-state index is -0.441. The number of carbonyl (C=O) groups excluding carboxylic acids is 1. The molecule has 9 nitrogen and oxygen atoms in total. The number of nitrogens with zero attached hydrogens (tertiary/aromatic N) is 6. The van der Waals surface area contributed by atoms with Crippen molar-refractivity contribution in [2.24, 2.45) is 7.05 Å². The molecule has 0 saturated heterocycles. The maximum atomic E-state index is 14.0. The summed E-state index contributed by atoms with van der Waals surface area (Å²) in [5, 5.41) is 9.21. The van der Waals surface area contributed by atoms with Gasteiger partial charge in [0.25, 0.3) is 0 Å². The molecular formula is C27H25FN8O. The van der Waals surface area contributed by atoms with Gasteiger partial charge in [-0.05, 0) is 30.5 Å². The zero-order valence-corrected chi connectivity index (χ0v) is 20.3. The molecule has 186 valence electrons. The maximum absolute atomic E-state index is 14.0. The first kappa shape index (κ1) is 22.8. The molecule has 5 heterocycles. The highest BCUT2D eigenvalue weighted by Crippen LogP contribution is 2.29. The molecule has 1 aromatic carbocycles. The van der Waals surface area contributed by atoms with Crippen LogP contribution in [0.1, 0.15) is 27.3 Å². The van der Waals surface area contributed by atoms with Gasteiger partial charge < -0.3 is 15.2 Å². The fraction of sp³-hybridized carbons (Fsp3) is 0.222. The van der Waals surface area contributed by atoms with Crippen molar-refractivity contribution in [2.45, 2.75) is 19.4 Å². The molecule has 6 rings (SSSR count). The van der Waals surface area contributed by atoms with Crippen LogP contribution in [0.25, 0.3) is 22.3 Å². The van der Waals surface area contributed by atoms with Gasteiger partial charge in [0, 0.05) is 60.6 Å². The lowest BCUT2D eigenvalue weighted by molar-refractivity contribution is 0.111. The first-order valence-electron chi connectivity index (χ1n) is 12.1. The van der Waals surface area contributed by atoms with Gasteiger partial charge in [-0.2, -0.15) is 5.10 Å². The van der Waals surface area contributed by atoms with Crippen LogP contribution in [0.4, 0.5) is 16.0 Å². The average Bonchev–Trinajstić information content (AvgIpc) is 3.51. The van der Waals surface area contributed by atoms with Crippen LogP contribution >= 0.6 is 0 Å². The molecule has 1 aliphatic rings. The van der Waals surface area contributed by atoms with Gasteiger partial charge in [-0.3, -0.25) is 14.5 Å². The molecule has 2 N–H and O–H groups in total. The number of aromatic amines is 1. The molecule has 0 aliphatic carbocycles. The van der Waals surface area contributed by atoms with Gasteiger partial charge in [0.1, 0.15) is 17.3 Å². The van der Waals surface area contributed by atoms with E-state index in [1.165, 1.54) is 17.0 Å². The van der Waals surface area contributed by atoms with E-state index in [0.717, 1.165) is 47.3 Å². The Bertz CT molecular complexity index is 1610. The number of fused-ring (bicyclic) bond motifs is 2. The number of rotatable bonds is 7. The lowest BCUT2D eigenvalue weighted by atomic mass is 10.0. The van der Waals surface area contributed by atoms with E-state index >= 15 is 0 Å². The number of hydrogen-bond acceptors (Lipinski definition) is 7. The van der Waals surface area contributed by atoms with Gasteiger partial charge in [0.15, 0.2) is 17.9 Å². The number of aromatic nitrogens is 6. The highest BCUT2D eigenvalue weighted by molar-refractivity contribution is 5.83. The Morgan fingerprint density at radius 1 is 1.19 bits per heavy atom. The van der Waals surface area contributed by atoms with Gasteiger partial charge >= 0.3 is 0 Å². The topological polar surface area (TPSA) is 105 Å². The van der Waals surface area contributed by atoms with Crippen LogP contribution in [0, 0.1) is 5.82 Å². The van der Waals surface area contributed by atoms with Crippen LogP contribution in [-0.2, 0) is 26.4 Å². The van der Waals surface area contributed by atoms with Crippen LogP contribution in [0.15, 0.2) is 55.0 Å². The molecule has 0 amide bonds. The summed E-state index contributed by atoms with van der Waals surface area (Å²) < 4.78 is 15.5. The number of pyridine rings is 1. The third-order valence-corrected chi connectivity index (χ3v) is 6.74. The molecule has 0 bridgehead atoms. The summed E-state index contributed by atoms with van der Waals surface area (Å²) in [4.78, 5) is 30.3. The van der Waals surface area contributed by atoms with Crippen molar-refractivity contribution in [3.63, 3.8) is 0 Å². The first-order valence-corrected chi connectivity index (χ1v) is 12.1. The number of anilines is 2. The fourth-order valence-electron chi connectivity index (χ4n) is 4.82. The lowest BCUT2D eigenvalue weighted by Gasteiger charge is -2.29. The second-order valence-corrected chi connectivity index (χ2v) is 9.09. The number of H-pyrrole nitrogens is 1. The molecule has 4 aromatic heterocycles. The Morgan fingerprint density at radius 3 is 2.92 bits per heavy atom. The molecule has 0 spiro atoms. The predicted octanol–water partition coefficient (Wildman–Crippen LogP) is 3.92. The predicted molar refractivity (Wildman–Crippen MR) is 139 cm³/mol. The highest BCUT2D eigenvalue weighted by atomic mass is 19.1. The number of nitrogens with one attached hydrogen (secondary N) is 2. The Kier molecular flexibility index (Phi) is 5.84. The number of hydrogen-bond donors (Lipinski definition) is 2. The van der Waals surface area contributed by atoms with Crippen LogP contribution in [0.3, 0.4) is 0 Å². The van der Waals surface area contributed by atoms with Crippen molar-refractivity contribution in [1.29, 1.82) is 0 Å². The number of aldehydes is 1. The normalized spacial score (nSPS) is 13.1. The molecular weight excluding hydrogens is 471 g/mol. The highest BCUT2D eigenvalue weighted by Gasteiger charge is 2.25. The summed E-state index contributed by atoms with van der Waals surface area (Å²) >= 11 is 0. The zero-order valence-electron chi connectivity index (χ0n) is 20.3. The van der Waals surface area contributed by atoms with Crippen molar-refractivity contribution in [3.05, 3.63) is 83.3 Å². The van der Waals surface area contributed by atoms with E-state index in [2.05, 4.69) is 37.4 Å². The van der Waals surface area contributed by atoms with Crippen LogP contribution in [-0.4, -0.2) is 49.1 Å². The smallest absolute Gasteiger partial charge is 0.168 e. The number of halogens is 1. The maximum Gasteiger partial charge on any atom is 0.168 e. The van der Waals surface area contributed by atoms with Crippen LogP contribution < -0.4 is 10.2 Å². The molecule has 5 aromatic rings. The number of carbonyl (C=O) groups is 1. The van der Waals surface area contributed by atoms with E-state index in [4.69, 9.17) is 9.97 Å². The number of benzene rings is 1. The molecule has 0 unspecified atom stereocenters. The van der Waals surface area contributed by atoms with Gasteiger partial charge in [-0.1, -0.05) is 18.2 Å². The zero-order chi connectivity index (χ0) is 25.4. The standard InChI is InChI=1S/C27H25FN8O/c1-35-20(16-37)11-25(34-35)36-9-7-22-24(15-36)32-26(18-10-19(28)14-29-12-18)33-27(22)30-8-6-17-13-31-23-5-3-2-4-21(17)23/h2-5,10-14,16,31H,6-9,15H2,1H3,(H,30,32,33). The van der Waals surface area contributed by atoms with Gasteiger partial charge in [-0.25, -0.2) is 14.4 Å². The second-order valence-electron chi connectivity index (χ2n) is 9.09. The molecule has 10 heteroatoms. The summed E-state index contributed by atoms with van der Waals surface area (Å²) in [5.41, 5.74) is 5.25. The Morgan fingerprint density at radius 2 is 2.08 bits per heavy atom. The molecule has 0 fully saturated rings. The fourth-order valence-corrected chi connectivity index (χ4v) is 4.82. The molecule has 0 saturated carbocycles. The average molecular weight is 497 g/mol. The van der Waals surface area contributed by atoms with Gasteiger partial charge in [-0.15, -0.1) is 0 Å². The summed E-state index contributed by atoms with van der Waals surface area (Å²) in [6.45, 7) is 1.89. The van der Waals surface area contributed by atoms with E-state index in [0.29, 0.717) is 43.1 Å². The van der Waals surface area contributed by atoms with Gasteiger partial charge in [0.05, 0.1) is 18.4 Å². The quantitative estimate of drug-likeness (QED) is 0.329. The largest absolute Gasteiger partial charge is 0.369 e. The minimum Gasteiger partial charge on any atom is -0.369 e. The van der Waals surface area contributed by atoms with Crippen molar-refractivity contribution < 1.29 is 9.18 Å².